The van der Waals surface area contributed by atoms with Gasteiger partial charge in [0.05, 0.1) is 10.4 Å². The fraction of sp³-hybridized carbons (Fsp3) is 0.188. The van der Waals surface area contributed by atoms with Crippen LogP contribution in [0.3, 0.4) is 0 Å². The van der Waals surface area contributed by atoms with Gasteiger partial charge in [-0.3, -0.25) is 4.79 Å². The number of carboxylic acid groups (broad SMARTS) is 1. The van der Waals surface area contributed by atoms with Gasteiger partial charge in [-0.15, -0.1) is 0 Å². The predicted molar refractivity (Wildman–Crippen MR) is 79.4 cm³/mol. The van der Waals surface area contributed by atoms with Crippen LogP contribution in [0.2, 0.25) is 0 Å². The maximum atomic E-state index is 13.2. The van der Waals surface area contributed by atoms with Gasteiger partial charge in [0, 0.05) is 0 Å². The molecule has 2 aromatic rings. The Bertz CT molecular complexity index is 640. The fourth-order valence-corrected chi connectivity index (χ4v) is 2.56. The van der Waals surface area contributed by atoms with Crippen molar-refractivity contribution in [1.29, 1.82) is 0 Å². The van der Waals surface area contributed by atoms with Crippen LogP contribution in [0.15, 0.2) is 46.9 Å². The molecular formula is C16H14BrFO2. The molecule has 0 bridgehead atoms. The van der Waals surface area contributed by atoms with E-state index in [1.54, 1.807) is 12.1 Å². The summed E-state index contributed by atoms with van der Waals surface area (Å²) in [6.07, 6.45) is 0.331. The van der Waals surface area contributed by atoms with Crippen LogP contribution in [-0.2, 0) is 11.2 Å². The molecule has 0 fully saturated rings. The Morgan fingerprint density at radius 2 is 2.05 bits per heavy atom. The van der Waals surface area contributed by atoms with E-state index in [0.29, 0.717) is 10.9 Å². The Labute approximate surface area is 125 Å². The summed E-state index contributed by atoms with van der Waals surface area (Å²) in [5, 5.41) is 9.42. The maximum absolute atomic E-state index is 13.2. The SMILES string of the molecule is Cc1cccc(C(Cc2ccc(F)c(Br)c2)C(=O)O)c1. The molecule has 0 aliphatic rings. The van der Waals surface area contributed by atoms with Crippen LogP contribution in [-0.4, -0.2) is 11.1 Å². The maximum Gasteiger partial charge on any atom is 0.311 e. The van der Waals surface area contributed by atoms with E-state index in [0.717, 1.165) is 16.7 Å². The van der Waals surface area contributed by atoms with Gasteiger partial charge >= 0.3 is 5.97 Å². The molecule has 0 aromatic heterocycles. The van der Waals surface area contributed by atoms with Gasteiger partial charge in [-0.2, -0.15) is 0 Å². The van der Waals surface area contributed by atoms with E-state index in [4.69, 9.17) is 0 Å². The third-order valence-corrected chi connectivity index (χ3v) is 3.77. The molecule has 0 spiro atoms. The van der Waals surface area contributed by atoms with Gasteiger partial charge in [0.2, 0.25) is 0 Å². The third-order valence-electron chi connectivity index (χ3n) is 3.17. The number of halogens is 2. The van der Waals surface area contributed by atoms with Crippen molar-refractivity contribution in [2.75, 3.05) is 0 Å². The summed E-state index contributed by atoms with van der Waals surface area (Å²) in [6.45, 7) is 1.93. The molecule has 0 amide bonds. The number of carbonyl (C=O) groups is 1. The second-order valence-electron chi connectivity index (χ2n) is 4.76. The lowest BCUT2D eigenvalue weighted by Crippen LogP contribution is -2.14. The van der Waals surface area contributed by atoms with Crippen molar-refractivity contribution < 1.29 is 14.3 Å². The first-order chi connectivity index (χ1) is 9.47. The molecule has 0 saturated heterocycles. The van der Waals surface area contributed by atoms with E-state index >= 15 is 0 Å². The Kier molecular flexibility index (Phi) is 4.55. The first kappa shape index (κ1) is 14.7. The van der Waals surface area contributed by atoms with Crippen LogP contribution in [0.25, 0.3) is 0 Å². The number of benzene rings is 2. The van der Waals surface area contributed by atoms with Gasteiger partial charge in [-0.05, 0) is 52.5 Å². The highest BCUT2D eigenvalue weighted by molar-refractivity contribution is 9.10. The number of carboxylic acids is 1. The van der Waals surface area contributed by atoms with Crippen molar-refractivity contribution in [2.24, 2.45) is 0 Å². The Balaban J connectivity index is 2.30. The lowest BCUT2D eigenvalue weighted by molar-refractivity contribution is -0.138. The molecule has 0 aliphatic carbocycles. The first-order valence-electron chi connectivity index (χ1n) is 6.20. The van der Waals surface area contributed by atoms with Crippen molar-refractivity contribution in [3.8, 4) is 0 Å². The van der Waals surface area contributed by atoms with Gasteiger partial charge in [0.1, 0.15) is 5.82 Å². The molecule has 104 valence electrons. The highest BCUT2D eigenvalue weighted by atomic mass is 79.9. The van der Waals surface area contributed by atoms with E-state index in [1.807, 2.05) is 31.2 Å². The van der Waals surface area contributed by atoms with Gasteiger partial charge in [-0.1, -0.05) is 35.9 Å². The molecule has 20 heavy (non-hydrogen) atoms. The molecule has 2 aromatic carbocycles. The smallest absolute Gasteiger partial charge is 0.311 e. The molecule has 1 unspecified atom stereocenters. The van der Waals surface area contributed by atoms with Crippen molar-refractivity contribution in [3.05, 3.63) is 69.4 Å². The average molecular weight is 337 g/mol. The van der Waals surface area contributed by atoms with E-state index in [-0.39, 0.29) is 5.82 Å². The molecule has 4 heteroatoms. The zero-order valence-electron chi connectivity index (χ0n) is 10.9. The summed E-state index contributed by atoms with van der Waals surface area (Å²) in [5.41, 5.74) is 2.57. The normalized spacial score (nSPS) is 12.2. The zero-order chi connectivity index (χ0) is 14.7. The predicted octanol–water partition coefficient (Wildman–Crippen LogP) is 4.31. The molecule has 0 radical (unpaired) electrons. The van der Waals surface area contributed by atoms with Crippen LogP contribution in [0.4, 0.5) is 4.39 Å². The Hall–Kier alpha value is -1.68. The second kappa shape index (κ2) is 6.18. The number of rotatable bonds is 4. The average Bonchev–Trinajstić information content (AvgIpc) is 2.39. The van der Waals surface area contributed by atoms with Gasteiger partial charge < -0.3 is 5.11 Å². The van der Waals surface area contributed by atoms with Gasteiger partial charge in [0.15, 0.2) is 0 Å². The van der Waals surface area contributed by atoms with E-state index < -0.39 is 11.9 Å². The standard InChI is InChI=1S/C16H14BrFO2/c1-10-3-2-4-12(7-10)13(16(19)20)8-11-5-6-15(18)14(17)9-11/h2-7,9,13H,8H2,1H3,(H,19,20). The summed E-state index contributed by atoms with van der Waals surface area (Å²) < 4.78 is 13.6. The lowest BCUT2D eigenvalue weighted by atomic mass is 9.91. The summed E-state index contributed by atoms with van der Waals surface area (Å²) in [5.74, 6) is -1.86. The zero-order valence-corrected chi connectivity index (χ0v) is 12.5. The number of hydrogen-bond acceptors (Lipinski definition) is 1. The third kappa shape index (κ3) is 3.45. The Morgan fingerprint density at radius 3 is 2.65 bits per heavy atom. The van der Waals surface area contributed by atoms with Crippen LogP contribution >= 0.6 is 15.9 Å². The fourth-order valence-electron chi connectivity index (χ4n) is 2.14. The summed E-state index contributed by atoms with van der Waals surface area (Å²) >= 11 is 3.12. The highest BCUT2D eigenvalue weighted by Gasteiger charge is 2.20. The molecule has 1 atom stereocenters. The number of hydrogen-bond donors (Lipinski definition) is 1. The quantitative estimate of drug-likeness (QED) is 0.903. The summed E-state index contributed by atoms with van der Waals surface area (Å²) in [6, 6.07) is 12.0. The van der Waals surface area contributed by atoms with Crippen LogP contribution < -0.4 is 0 Å². The molecule has 1 N–H and O–H groups in total. The molecule has 0 aliphatic heterocycles. The monoisotopic (exact) mass is 336 g/mol. The number of aryl methyl sites for hydroxylation is 1. The highest BCUT2D eigenvalue weighted by Crippen LogP contribution is 2.25. The molecule has 0 heterocycles. The number of aliphatic carboxylic acids is 1. The van der Waals surface area contributed by atoms with Crippen LogP contribution in [0, 0.1) is 12.7 Å². The molecule has 2 rings (SSSR count). The first-order valence-corrected chi connectivity index (χ1v) is 7.00. The van der Waals surface area contributed by atoms with Crippen molar-refractivity contribution >= 4 is 21.9 Å². The van der Waals surface area contributed by atoms with E-state index in [9.17, 15) is 14.3 Å². The van der Waals surface area contributed by atoms with Gasteiger partial charge in [-0.25, -0.2) is 4.39 Å². The molecular weight excluding hydrogens is 323 g/mol. The minimum atomic E-state index is -0.879. The minimum absolute atomic E-state index is 0.331. The van der Waals surface area contributed by atoms with Crippen LogP contribution in [0.5, 0.6) is 0 Å². The van der Waals surface area contributed by atoms with Crippen molar-refractivity contribution in [2.45, 2.75) is 19.3 Å². The van der Waals surface area contributed by atoms with Crippen LogP contribution in [0.1, 0.15) is 22.6 Å². The Morgan fingerprint density at radius 1 is 1.30 bits per heavy atom. The summed E-state index contributed by atoms with van der Waals surface area (Å²) in [7, 11) is 0. The summed E-state index contributed by atoms with van der Waals surface area (Å²) in [4.78, 5) is 11.5. The van der Waals surface area contributed by atoms with Crippen molar-refractivity contribution in [3.63, 3.8) is 0 Å². The van der Waals surface area contributed by atoms with E-state index in [2.05, 4.69) is 15.9 Å². The second-order valence-corrected chi connectivity index (χ2v) is 5.61. The topological polar surface area (TPSA) is 37.3 Å². The van der Waals surface area contributed by atoms with E-state index in [1.165, 1.54) is 6.07 Å². The minimum Gasteiger partial charge on any atom is -0.481 e. The molecule has 0 saturated carbocycles. The lowest BCUT2D eigenvalue weighted by Gasteiger charge is -2.14. The van der Waals surface area contributed by atoms with Gasteiger partial charge in [0.25, 0.3) is 0 Å². The van der Waals surface area contributed by atoms with Crippen molar-refractivity contribution in [1.82, 2.24) is 0 Å². The molecule has 2 nitrogen and oxygen atoms in total. The largest absolute Gasteiger partial charge is 0.481 e.